The van der Waals surface area contributed by atoms with Gasteiger partial charge in [0.1, 0.15) is 0 Å². The monoisotopic (exact) mass is 441 g/mol. The van der Waals surface area contributed by atoms with Crippen molar-refractivity contribution in [3.05, 3.63) is 65.2 Å². The van der Waals surface area contributed by atoms with Gasteiger partial charge in [0.25, 0.3) is 0 Å². The van der Waals surface area contributed by atoms with Crippen LogP contribution in [0.5, 0.6) is 0 Å². The SMILES string of the molecule is O=C(COC(=O)c1cccc(C(F)(F)F)c1)c1ccc(S(=O)(=O)N2CCCC2)cc1. The number of carbonyl (C=O) groups is 2. The Kier molecular flexibility index (Phi) is 6.27. The maximum atomic E-state index is 12.7. The maximum absolute atomic E-state index is 12.7. The lowest BCUT2D eigenvalue weighted by molar-refractivity contribution is -0.137. The number of nitrogens with zero attached hydrogens (tertiary/aromatic N) is 1. The summed E-state index contributed by atoms with van der Waals surface area (Å²) in [4.78, 5) is 24.2. The first-order valence-electron chi connectivity index (χ1n) is 9.07. The molecule has 6 nitrogen and oxygen atoms in total. The van der Waals surface area contributed by atoms with E-state index in [9.17, 15) is 31.2 Å². The number of rotatable bonds is 6. The fourth-order valence-corrected chi connectivity index (χ4v) is 4.53. The third kappa shape index (κ3) is 4.88. The molecule has 0 aliphatic carbocycles. The Morgan fingerprint density at radius 2 is 1.60 bits per heavy atom. The molecule has 30 heavy (non-hydrogen) atoms. The molecule has 0 N–H and O–H groups in total. The standard InChI is InChI=1S/C20H18F3NO5S/c21-20(22,23)16-5-3-4-15(12-16)19(26)29-13-18(25)14-6-8-17(9-7-14)30(27,28)24-10-1-2-11-24/h3-9,12H,1-2,10-11,13H2. The van der Waals surface area contributed by atoms with Crippen LogP contribution in [0.3, 0.4) is 0 Å². The van der Waals surface area contributed by atoms with Crippen molar-refractivity contribution < 1.29 is 35.9 Å². The van der Waals surface area contributed by atoms with Crippen LogP contribution in [0.1, 0.15) is 39.1 Å². The highest BCUT2D eigenvalue weighted by atomic mass is 32.2. The summed E-state index contributed by atoms with van der Waals surface area (Å²) < 4.78 is 69.3. The molecule has 10 heteroatoms. The Bertz CT molecular complexity index is 1040. The molecular weight excluding hydrogens is 423 g/mol. The van der Waals surface area contributed by atoms with Crippen LogP contribution < -0.4 is 0 Å². The molecule has 0 saturated carbocycles. The summed E-state index contributed by atoms with van der Waals surface area (Å²) in [6.07, 6.45) is -3.01. The topological polar surface area (TPSA) is 80.8 Å². The Labute approximate surface area is 171 Å². The molecule has 0 atom stereocenters. The number of hydrogen-bond donors (Lipinski definition) is 0. The number of alkyl halides is 3. The fraction of sp³-hybridized carbons (Fsp3) is 0.300. The molecule has 1 saturated heterocycles. The maximum Gasteiger partial charge on any atom is 0.416 e. The van der Waals surface area contributed by atoms with Gasteiger partial charge in [-0.2, -0.15) is 17.5 Å². The molecule has 0 aromatic heterocycles. The summed E-state index contributed by atoms with van der Waals surface area (Å²) >= 11 is 0. The molecule has 1 aliphatic heterocycles. The number of sulfonamides is 1. The highest BCUT2D eigenvalue weighted by molar-refractivity contribution is 7.89. The average Bonchev–Trinajstić information content (AvgIpc) is 3.27. The largest absolute Gasteiger partial charge is 0.454 e. The minimum Gasteiger partial charge on any atom is -0.454 e. The molecule has 1 fully saturated rings. The van der Waals surface area contributed by atoms with Crippen LogP contribution in [0.25, 0.3) is 0 Å². The van der Waals surface area contributed by atoms with E-state index in [1.54, 1.807) is 0 Å². The third-order valence-electron chi connectivity index (χ3n) is 4.64. The van der Waals surface area contributed by atoms with E-state index in [2.05, 4.69) is 0 Å². The van der Waals surface area contributed by atoms with Crippen molar-refractivity contribution in [2.24, 2.45) is 0 Å². The van der Waals surface area contributed by atoms with Gasteiger partial charge in [-0.15, -0.1) is 0 Å². The van der Waals surface area contributed by atoms with Gasteiger partial charge >= 0.3 is 12.1 Å². The van der Waals surface area contributed by atoms with Gasteiger partial charge in [-0.25, -0.2) is 13.2 Å². The molecule has 0 radical (unpaired) electrons. The summed E-state index contributed by atoms with van der Waals surface area (Å²) in [6.45, 7) is 0.219. The minimum atomic E-state index is -4.61. The lowest BCUT2D eigenvalue weighted by atomic mass is 10.1. The predicted molar refractivity (Wildman–Crippen MR) is 100 cm³/mol. The lowest BCUT2D eigenvalue weighted by Crippen LogP contribution is -2.27. The smallest absolute Gasteiger partial charge is 0.416 e. The van der Waals surface area contributed by atoms with Gasteiger partial charge in [-0.1, -0.05) is 6.07 Å². The second kappa shape index (κ2) is 8.57. The molecule has 0 unspecified atom stereocenters. The summed E-state index contributed by atoms with van der Waals surface area (Å²) in [5, 5.41) is 0. The quantitative estimate of drug-likeness (QED) is 0.506. The van der Waals surface area contributed by atoms with Gasteiger partial charge in [-0.05, 0) is 55.3 Å². The van der Waals surface area contributed by atoms with Crippen molar-refractivity contribution >= 4 is 21.8 Å². The molecule has 3 rings (SSSR count). The number of esters is 1. The van der Waals surface area contributed by atoms with Crippen LogP contribution in [-0.2, 0) is 20.9 Å². The number of halogens is 3. The van der Waals surface area contributed by atoms with Crippen LogP contribution in [0, 0.1) is 0 Å². The summed E-state index contributed by atoms with van der Waals surface area (Å²) in [5.74, 6) is -1.68. The summed E-state index contributed by atoms with van der Waals surface area (Å²) in [7, 11) is -3.61. The van der Waals surface area contributed by atoms with Crippen LogP contribution in [0.4, 0.5) is 13.2 Å². The molecule has 0 bridgehead atoms. The summed E-state index contributed by atoms with van der Waals surface area (Å²) in [5.41, 5.74) is -1.21. The Morgan fingerprint density at radius 1 is 0.967 bits per heavy atom. The van der Waals surface area contributed by atoms with E-state index in [1.165, 1.54) is 28.6 Å². The van der Waals surface area contributed by atoms with Crippen molar-refractivity contribution in [2.45, 2.75) is 23.9 Å². The van der Waals surface area contributed by atoms with Crippen LogP contribution in [-0.4, -0.2) is 44.2 Å². The zero-order valence-electron chi connectivity index (χ0n) is 15.7. The van der Waals surface area contributed by atoms with Crippen molar-refractivity contribution in [1.29, 1.82) is 0 Å². The van der Waals surface area contributed by atoms with E-state index in [4.69, 9.17) is 4.74 Å². The second-order valence-corrected chi connectivity index (χ2v) is 8.65. The highest BCUT2D eigenvalue weighted by Gasteiger charge is 2.31. The Hall–Kier alpha value is -2.72. The number of benzene rings is 2. The highest BCUT2D eigenvalue weighted by Crippen LogP contribution is 2.29. The van der Waals surface area contributed by atoms with Gasteiger partial charge in [0.15, 0.2) is 12.4 Å². The number of ether oxygens (including phenoxy) is 1. The van der Waals surface area contributed by atoms with E-state index in [0.717, 1.165) is 31.0 Å². The van der Waals surface area contributed by atoms with Gasteiger partial charge in [0.05, 0.1) is 16.0 Å². The van der Waals surface area contributed by atoms with E-state index < -0.39 is 40.1 Å². The van der Waals surface area contributed by atoms with Crippen molar-refractivity contribution in [3.8, 4) is 0 Å². The van der Waals surface area contributed by atoms with E-state index in [1.807, 2.05) is 0 Å². The van der Waals surface area contributed by atoms with Crippen LogP contribution in [0.15, 0.2) is 53.4 Å². The number of Topliss-reactive ketones (excluding diaryl/α,β-unsaturated/α-hetero) is 1. The van der Waals surface area contributed by atoms with E-state index in [0.29, 0.717) is 19.2 Å². The third-order valence-corrected chi connectivity index (χ3v) is 6.55. The summed E-state index contributed by atoms with van der Waals surface area (Å²) in [6, 6.07) is 8.91. The van der Waals surface area contributed by atoms with E-state index >= 15 is 0 Å². The zero-order valence-corrected chi connectivity index (χ0v) is 16.5. The first-order chi connectivity index (χ1) is 14.1. The second-order valence-electron chi connectivity index (χ2n) is 6.71. The van der Waals surface area contributed by atoms with E-state index in [-0.39, 0.29) is 16.0 Å². The average molecular weight is 441 g/mol. The Balaban J connectivity index is 1.63. The molecule has 160 valence electrons. The van der Waals surface area contributed by atoms with Crippen molar-refractivity contribution in [2.75, 3.05) is 19.7 Å². The zero-order chi connectivity index (χ0) is 21.9. The van der Waals surface area contributed by atoms with Crippen LogP contribution in [0.2, 0.25) is 0 Å². The van der Waals surface area contributed by atoms with Crippen molar-refractivity contribution in [3.63, 3.8) is 0 Å². The van der Waals surface area contributed by atoms with Crippen molar-refractivity contribution in [1.82, 2.24) is 4.31 Å². The molecular formula is C20H18F3NO5S. The van der Waals surface area contributed by atoms with Gasteiger partial charge in [0, 0.05) is 18.7 Å². The molecule has 1 aliphatic rings. The van der Waals surface area contributed by atoms with Gasteiger partial charge in [-0.3, -0.25) is 4.79 Å². The number of ketones is 1. The molecule has 2 aromatic rings. The fourth-order valence-electron chi connectivity index (χ4n) is 3.01. The molecule has 0 amide bonds. The molecule has 0 spiro atoms. The first-order valence-corrected chi connectivity index (χ1v) is 10.5. The first kappa shape index (κ1) is 22.0. The normalized spacial score (nSPS) is 15.2. The minimum absolute atomic E-state index is 0.0573. The van der Waals surface area contributed by atoms with Gasteiger partial charge < -0.3 is 4.74 Å². The Morgan fingerprint density at radius 3 is 2.20 bits per heavy atom. The number of carbonyl (C=O) groups excluding carboxylic acids is 2. The molecule has 1 heterocycles. The molecule has 2 aromatic carbocycles. The van der Waals surface area contributed by atoms with Crippen LogP contribution >= 0.6 is 0 Å². The lowest BCUT2D eigenvalue weighted by Gasteiger charge is -2.15. The predicted octanol–water partition coefficient (Wildman–Crippen LogP) is 3.53. The number of hydrogen-bond acceptors (Lipinski definition) is 5. The van der Waals surface area contributed by atoms with Gasteiger partial charge in [0.2, 0.25) is 10.0 Å².